The summed E-state index contributed by atoms with van der Waals surface area (Å²) < 4.78 is 0. The third-order valence-electron chi connectivity index (χ3n) is 3.71. The summed E-state index contributed by atoms with van der Waals surface area (Å²) in [5, 5.41) is 3.77. The van der Waals surface area contributed by atoms with Gasteiger partial charge in [-0.15, -0.1) is 0 Å². The van der Waals surface area contributed by atoms with Gasteiger partial charge in [0.2, 0.25) is 11.8 Å². The number of piperazine rings is 1. The summed E-state index contributed by atoms with van der Waals surface area (Å²) in [6, 6.07) is 4.22. The molecule has 6 heteroatoms. The molecule has 2 unspecified atom stereocenters. The molecule has 1 aromatic rings. The van der Waals surface area contributed by atoms with Gasteiger partial charge in [-0.05, 0) is 25.5 Å². The molecule has 2 atom stereocenters. The van der Waals surface area contributed by atoms with Gasteiger partial charge in [0.1, 0.15) is 12.1 Å². The second-order valence-corrected chi connectivity index (χ2v) is 6.01. The van der Waals surface area contributed by atoms with Gasteiger partial charge >= 0.3 is 0 Å². The first-order chi connectivity index (χ1) is 9.95. The third-order valence-corrected chi connectivity index (χ3v) is 4.42. The molecule has 1 N–H and O–H groups in total. The van der Waals surface area contributed by atoms with E-state index in [4.69, 9.17) is 23.2 Å². The highest BCUT2D eigenvalue weighted by molar-refractivity contribution is 6.36. The van der Waals surface area contributed by atoms with Gasteiger partial charge in [0.15, 0.2) is 0 Å². The molecule has 114 valence electrons. The number of carbonyl (C=O) groups is 2. The molecule has 1 aliphatic heterocycles. The summed E-state index contributed by atoms with van der Waals surface area (Å²) in [7, 11) is 0. The SMILES string of the molecule is CCCC1NC(=O)C(C)N(Cc2c(Cl)cccc2Cl)C1=O. The minimum Gasteiger partial charge on any atom is -0.343 e. The summed E-state index contributed by atoms with van der Waals surface area (Å²) in [5.41, 5.74) is 0.672. The molecule has 1 aliphatic rings. The maximum Gasteiger partial charge on any atom is 0.246 e. The Hall–Kier alpha value is -1.26. The largest absolute Gasteiger partial charge is 0.343 e. The zero-order valence-electron chi connectivity index (χ0n) is 12.0. The average Bonchev–Trinajstić information content (AvgIpc) is 2.44. The summed E-state index contributed by atoms with van der Waals surface area (Å²) >= 11 is 12.3. The summed E-state index contributed by atoms with van der Waals surface area (Å²) in [4.78, 5) is 26.1. The molecule has 0 aromatic heterocycles. The van der Waals surface area contributed by atoms with Gasteiger partial charge in [-0.2, -0.15) is 0 Å². The Labute approximate surface area is 134 Å². The number of benzene rings is 1. The lowest BCUT2D eigenvalue weighted by Gasteiger charge is -2.37. The van der Waals surface area contributed by atoms with Crippen molar-refractivity contribution in [2.45, 2.75) is 45.3 Å². The first-order valence-corrected chi connectivity index (χ1v) is 7.75. The minimum atomic E-state index is -0.530. The van der Waals surface area contributed by atoms with Crippen molar-refractivity contribution < 1.29 is 9.59 Å². The van der Waals surface area contributed by atoms with Crippen molar-refractivity contribution in [2.75, 3.05) is 0 Å². The Balaban J connectivity index is 2.27. The van der Waals surface area contributed by atoms with Crippen molar-refractivity contribution in [3.8, 4) is 0 Å². The number of halogens is 2. The van der Waals surface area contributed by atoms with E-state index < -0.39 is 12.1 Å². The Morgan fingerprint density at radius 2 is 1.86 bits per heavy atom. The quantitative estimate of drug-likeness (QED) is 0.923. The second-order valence-electron chi connectivity index (χ2n) is 5.19. The first-order valence-electron chi connectivity index (χ1n) is 6.99. The molecule has 0 radical (unpaired) electrons. The van der Waals surface area contributed by atoms with Crippen LogP contribution in [-0.2, 0) is 16.1 Å². The van der Waals surface area contributed by atoms with Crippen molar-refractivity contribution in [2.24, 2.45) is 0 Å². The van der Waals surface area contributed by atoms with Crippen LogP contribution in [-0.4, -0.2) is 28.8 Å². The summed E-state index contributed by atoms with van der Waals surface area (Å²) in [5.74, 6) is -0.226. The average molecular weight is 329 g/mol. The molecule has 2 amide bonds. The van der Waals surface area contributed by atoms with Crippen LogP contribution in [0.1, 0.15) is 32.3 Å². The zero-order chi connectivity index (χ0) is 15.6. The summed E-state index contributed by atoms with van der Waals surface area (Å²) in [6.45, 7) is 3.93. The standard InChI is InChI=1S/C15H18Cl2N2O2/c1-3-5-13-15(21)19(9(2)14(20)18-13)8-10-11(16)6-4-7-12(10)17/h4,6-7,9,13H,3,5,8H2,1-2H3,(H,18,20). The van der Waals surface area contributed by atoms with Crippen LogP contribution in [0, 0.1) is 0 Å². The normalized spacial score (nSPS) is 22.4. The van der Waals surface area contributed by atoms with E-state index in [1.165, 1.54) is 0 Å². The van der Waals surface area contributed by atoms with Crippen LogP contribution in [0.3, 0.4) is 0 Å². The van der Waals surface area contributed by atoms with E-state index in [1.54, 1.807) is 30.0 Å². The number of nitrogens with zero attached hydrogens (tertiary/aromatic N) is 1. The van der Waals surface area contributed by atoms with Crippen LogP contribution >= 0.6 is 23.2 Å². The highest BCUT2D eigenvalue weighted by Crippen LogP contribution is 2.27. The zero-order valence-corrected chi connectivity index (χ0v) is 13.5. The van der Waals surface area contributed by atoms with Gasteiger partial charge < -0.3 is 10.2 Å². The second kappa shape index (κ2) is 6.67. The molecule has 1 fully saturated rings. The van der Waals surface area contributed by atoms with Gasteiger partial charge in [-0.1, -0.05) is 42.6 Å². The molecular formula is C15H18Cl2N2O2. The van der Waals surface area contributed by atoms with Crippen molar-refractivity contribution in [3.05, 3.63) is 33.8 Å². The number of hydrogen-bond donors (Lipinski definition) is 1. The molecule has 0 aliphatic carbocycles. The van der Waals surface area contributed by atoms with Crippen molar-refractivity contribution >= 4 is 35.0 Å². The maximum atomic E-state index is 12.5. The minimum absolute atomic E-state index is 0.0834. The monoisotopic (exact) mass is 328 g/mol. The molecule has 1 heterocycles. The fourth-order valence-corrected chi connectivity index (χ4v) is 2.96. The molecule has 0 bridgehead atoms. The van der Waals surface area contributed by atoms with Crippen LogP contribution in [0.4, 0.5) is 0 Å². The lowest BCUT2D eigenvalue weighted by Crippen LogP contribution is -2.61. The Bertz CT molecular complexity index is 542. The predicted molar refractivity (Wildman–Crippen MR) is 83.3 cm³/mol. The van der Waals surface area contributed by atoms with Gasteiger partial charge in [-0.3, -0.25) is 9.59 Å². The van der Waals surface area contributed by atoms with Crippen molar-refractivity contribution in [3.63, 3.8) is 0 Å². The van der Waals surface area contributed by atoms with E-state index in [9.17, 15) is 9.59 Å². The van der Waals surface area contributed by atoms with Gasteiger partial charge in [0, 0.05) is 22.2 Å². The fraction of sp³-hybridized carbons (Fsp3) is 0.467. The molecule has 0 saturated carbocycles. The van der Waals surface area contributed by atoms with Crippen molar-refractivity contribution in [1.29, 1.82) is 0 Å². The maximum absolute atomic E-state index is 12.5. The van der Waals surface area contributed by atoms with Crippen LogP contribution < -0.4 is 5.32 Å². The van der Waals surface area contributed by atoms with E-state index in [2.05, 4.69) is 5.32 Å². The molecular weight excluding hydrogens is 311 g/mol. The first kappa shape index (κ1) is 16.1. The molecule has 1 aromatic carbocycles. The van der Waals surface area contributed by atoms with Gasteiger partial charge in [0.05, 0.1) is 0 Å². The number of carbonyl (C=O) groups excluding carboxylic acids is 2. The Morgan fingerprint density at radius 3 is 2.43 bits per heavy atom. The predicted octanol–water partition coefficient (Wildman–Crippen LogP) is 3.01. The van der Waals surface area contributed by atoms with Crippen molar-refractivity contribution in [1.82, 2.24) is 10.2 Å². The highest BCUT2D eigenvalue weighted by Gasteiger charge is 2.37. The van der Waals surface area contributed by atoms with E-state index in [0.717, 1.165) is 6.42 Å². The number of nitrogens with one attached hydrogen (secondary N) is 1. The molecule has 2 rings (SSSR count). The highest BCUT2D eigenvalue weighted by atomic mass is 35.5. The molecule has 21 heavy (non-hydrogen) atoms. The summed E-state index contributed by atoms with van der Waals surface area (Å²) in [6.07, 6.45) is 1.45. The van der Waals surface area contributed by atoms with E-state index in [0.29, 0.717) is 22.0 Å². The fourth-order valence-electron chi connectivity index (χ4n) is 2.44. The van der Waals surface area contributed by atoms with Gasteiger partial charge in [0.25, 0.3) is 0 Å². The molecule has 4 nitrogen and oxygen atoms in total. The number of amides is 2. The molecule has 0 spiro atoms. The lowest BCUT2D eigenvalue weighted by atomic mass is 10.0. The van der Waals surface area contributed by atoms with Crippen LogP contribution in [0.25, 0.3) is 0 Å². The lowest BCUT2D eigenvalue weighted by molar-refractivity contribution is -0.149. The van der Waals surface area contributed by atoms with Gasteiger partial charge in [-0.25, -0.2) is 0 Å². The van der Waals surface area contributed by atoms with Crippen LogP contribution in [0.15, 0.2) is 18.2 Å². The van der Waals surface area contributed by atoms with E-state index in [1.807, 2.05) is 6.92 Å². The third kappa shape index (κ3) is 3.33. The number of rotatable bonds is 4. The van der Waals surface area contributed by atoms with Crippen LogP contribution in [0.2, 0.25) is 10.0 Å². The topological polar surface area (TPSA) is 49.4 Å². The Morgan fingerprint density at radius 1 is 1.24 bits per heavy atom. The Kier molecular flexibility index (Phi) is 5.12. The number of hydrogen-bond acceptors (Lipinski definition) is 2. The van der Waals surface area contributed by atoms with E-state index >= 15 is 0 Å². The van der Waals surface area contributed by atoms with E-state index in [-0.39, 0.29) is 18.4 Å². The molecule has 1 saturated heterocycles. The smallest absolute Gasteiger partial charge is 0.246 e. The van der Waals surface area contributed by atoms with Crippen LogP contribution in [0.5, 0.6) is 0 Å².